The van der Waals surface area contributed by atoms with E-state index in [0.29, 0.717) is 0 Å². The third kappa shape index (κ3) is 5.00. The average molecular weight is 695 g/mol. The first-order chi connectivity index (χ1) is 18.1. The number of carbonyl (C=O) groups excluding carboxylic acids is 2. The standard InChI is InChI=1S/2C7H12O2.3C6H5.Bi/c2*8-7(9)6-4-2-1-3-5-6;3*1-2-4-6-5-3-1;/h2*6H,1-5H2,(H,8,9);3*1-5H;/q;;;;;+2/p-2. The fraction of sp³-hybridized carbons (Fsp3) is 0.375. The van der Waals surface area contributed by atoms with E-state index in [4.69, 9.17) is 5.63 Å². The molecule has 0 saturated heterocycles. The maximum atomic E-state index is 14.1. The summed E-state index contributed by atoms with van der Waals surface area (Å²) in [4.78, 5) is 28.3. The summed E-state index contributed by atoms with van der Waals surface area (Å²) in [5.74, 6) is -0.791. The first kappa shape index (κ1) is 26.1. The predicted molar refractivity (Wildman–Crippen MR) is 149 cm³/mol. The van der Waals surface area contributed by atoms with Gasteiger partial charge >= 0.3 is 224 Å². The fourth-order valence-corrected chi connectivity index (χ4v) is 24.3. The molecule has 0 N–H and O–H groups in total. The monoisotopic (exact) mass is 694 g/mol. The molecule has 0 bridgehead atoms. The Hall–Kier alpha value is -2.52. The van der Waals surface area contributed by atoms with E-state index >= 15 is 0 Å². The van der Waals surface area contributed by atoms with Crippen molar-refractivity contribution >= 4 is 41.4 Å². The van der Waals surface area contributed by atoms with Gasteiger partial charge in [0.1, 0.15) is 0 Å². The van der Waals surface area contributed by atoms with Gasteiger partial charge in [-0.2, -0.15) is 0 Å². The van der Waals surface area contributed by atoms with E-state index in [0.717, 1.165) is 74.0 Å². The number of hydrogen-bond acceptors (Lipinski definition) is 4. The van der Waals surface area contributed by atoms with Gasteiger partial charge in [-0.3, -0.25) is 0 Å². The van der Waals surface area contributed by atoms with Crippen LogP contribution in [-0.4, -0.2) is 31.6 Å². The van der Waals surface area contributed by atoms with Crippen LogP contribution >= 0.6 is 0 Å². The van der Waals surface area contributed by atoms with E-state index < -0.39 is 19.7 Å². The average Bonchev–Trinajstić information content (AvgIpc) is 2.99. The van der Waals surface area contributed by atoms with Crippen LogP contribution in [0.1, 0.15) is 64.2 Å². The van der Waals surface area contributed by atoms with Crippen molar-refractivity contribution in [2.24, 2.45) is 11.8 Å². The quantitative estimate of drug-likeness (QED) is 0.313. The molecule has 2 fully saturated rings. The van der Waals surface area contributed by atoms with Crippen LogP contribution in [0, 0.1) is 11.8 Å². The Balaban J connectivity index is 1.78. The van der Waals surface area contributed by atoms with E-state index in [9.17, 15) is 9.59 Å². The number of carbonyl (C=O) groups is 2. The minimum atomic E-state index is -5.90. The molecule has 2 aliphatic rings. The van der Waals surface area contributed by atoms with Crippen molar-refractivity contribution in [3.63, 3.8) is 0 Å². The van der Waals surface area contributed by atoms with Gasteiger partial charge in [0.15, 0.2) is 0 Å². The van der Waals surface area contributed by atoms with Crippen molar-refractivity contribution in [1.82, 2.24) is 0 Å². The fourth-order valence-electron chi connectivity index (χ4n) is 6.05. The minimum absolute atomic E-state index is 0.174. The van der Waals surface area contributed by atoms with Crippen LogP contribution in [0.15, 0.2) is 91.0 Å². The van der Waals surface area contributed by atoms with E-state index in [1.165, 1.54) is 0 Å². The molecule has 0 aromatic heterocycles. The summed E-state index contributed by atoms with van der Waals surface area (Å²) >= 11 is -5.90. The van der Waals surface area contributed by atoms with Gasteiger partial charge < -0.3 is 0 Å². The molecule has 2 saturated carbocycles. The Morgan fingerprint density at radius 2 is 0.784 bits per heavy atom. The molecule has 4 nitrogen and oxygen atoms in total. The summed E-state index contributed by atoms with van der Waals surface area (Å²) < 4.78 is 16.5. The van der Waals surface area contributed by atoms with Crippen LogP contribution in [0.2, 0.25) is 0 Å². The third-order valence-corrected chi connectivity index (χ3v) is 26.6. The van der Waals surface area contributed by atoms with Gasteiger partial charge in [-0.05, 0) is 0 Å². The molecule has 2 aliphatic carbocycles. The molecule has 0 heterocycles. The van der Waals surface area contributed by atoms with Crippen LogP contribution in [-0.2, 0) is 15.2 Å². The zero-order chi connectivity index (χ0) is 25.6. The van der Waals surface area contributed by atoms with E-state index in [2.05, 4.69) is 0 Å². The Labute approximate surface area is 222 Å². The van der Waals surface area contributed by atoms with E-state index in [1.807, 2.05) is 91.0 Å². The molecule has 0 amide bonds. The molecule has 0 radical (unpaired) electrons. The summed E-state index contributed by atoms with van der Waals surface area (Å²) in [6.07, 6.45) is 9.66. The van der Waals surface area contributed by atoms with Crippen molar-refractivity contribution in [1.29, 1.82) is 0 Å². The molecule has 0 spiro atoms. The van der Waals surface area contributed by atoms with Gasteiger partial charge in [0.05, 0.1) is 0 Å². The Bertz CT molecular complexity index is 1050. The zero-order valence-electron chi connectivity index (χ0n) is 21.5. The molecular weight excluding hydrogens is 657 g/mol. The summed E-state index contributed by atoms with van der Waals surface area (Å²) in [5.41, 5.74) is 0. The van der Waals surface area contributed by atoms with Gasteiger partial charge in [0.25, 0.3) is 0 Å². The van der Waals surface area contributed by atoms with Crippen molar-refractivity contribution in [2.75, 3.05) is 0 Å². The molecule has 3 aromatic rings. The molecule has 5 heteroatoms. The predicted octanol–water partition coefficient (Wildman–Crippen LogP) is 5.35. The number of rotatable bonds is 7. The van der Waals surface area contributed by atoms with Crippen LogP contribution in [0.3, 0.4) is 0 Å². The number of hydrogen-bond donors (Lipinski definition) is 0. The summed E-state index contributed by atoms with van der Waals surface area (Å²) in [6.45, 7) is 0. The van der Waals surface area contributed by atoms with Crippen LogP contribution in [0.25, 0.3) is 0 Å². The topological polar surface area (TPSA) is 52.6 Å². The molecule has 5 rings (SSSR count). The second-order valence-corrected chi connectivity index (χ2v) is 25.3. The molecule has 3 aromatic carbocycles. The van der Waals surface area contributed by atoms with Crippen LogP contribution in [0.4, 0.5) is 0 Å². The first-order valence-corrected chi connectivity index (χ1v) is 21.8. The molecule has 0 aliphatic heterocycles. The Kier molecular flexibility index (Phi) is 8.10. The Morgan fingerprint density at radius 3 is 1.08 bits per heavy atom. The van der Waals surface area contributed by atoms with Gasteiger partial charge in [-0.25, -0.2) is 0 Å². The number of benzene rings is 3. The van der Waals surface area contributed by atoms with Crippen LogP contribution in [0.5, 0.6) is 0 Å². The second-order valence-electron chi connectivity index (χ2n) is 10.5. The molecule has 0 unspecified atom stereocenters. The van der Waals surface area contributed by atoms with Crippen molar-refractivity contribution in [3.8, 4) is 0 Å². The summed E-state index contributed by atoms with van der Waals surface area (Å²) in [7, 11) is 0. The van der Waals surface area contributed by atoms with Crippen LogP contribution < -0.4 is 9.81 Å². The molecule has 0 atom stereocenters. The SMILES string of the molecule is O=C([O][Bi]([O]C(=O)C1CCCCC1)([c]1ccccc1)([c]1ccccc1)[c]1ccccc1)C1CCCCC1. The van der Waals surface area contributed by atoms with Gasteiger partial charge in [0, 0.05) is 0 Å². The second kappa shape index (κ2) is 11.5. The Morgan fingerprint density at radius 1 is 0.486 bits per heavy atom. The van der Waals surface area contributed by atoms with Gasteiger partial charge in [-0.15, -0.1) is 0 Å². The zero-order valence-corrected chi connectivity index (χ0v) is 24.9. The van der Waals surface area contributed by atoms with Crippen molar-refractivity contribution in [2.45, 2.75) is 64.2 Å². The van der Waals surface area contributed by atoms with E-state index in [-0.39, 0.29) is 23.8 Å². The first-order valence-electron chi connectivity index (χ1n) is 13.8. The van der Waals surface area contributed by atoms with E-state index in [1.54, 1.807) is 0 Å². The molecule has 194 valence electrons. The van der Waals surface area contributed by atoms with Gasteiger partial charge in [0.2, 0.25) is 0 Å². The summed E-state index contributed by atoms with van der Waals surface area (Å²) in [5, 5.41) is 0. The third-order valence-electron chi connectivity index (χ3n) is 8.08. The summed E-state index contributed by atoms with van der Waals surface area (Å²) in [6, 6.07) is 29.6. The normalized spacial score (nSPS) is 18.3. The van der Waals surface area contributed by atoms with Crippen molar-refractivity contribution < 1.29 is 15.2 Å². The van der Waals surface area contributed by atoms with Gasteiger partial charge in [-0.1, -0.05) is 0 Å². The van der Waals surface area contributed by atoms with Crippen molar-refractivity contribution in [3.05, 3.63) is 91.0 Å². The molecule has 37 heavy (non-hydrogen) atoms. The maximum absolute atomic E-state index is 14.1. The molecular formula is C32H37BiO4.